The molecule has 3 amide bonds. The highest BCUT2D eigenvalue weighted by atomic mass is 32.1. The molecule has 0 N–H and O–H groups in total. The molecular formula is C18H22N4O2S. The van der Waals surface area contributed by atoms with Gasteiger partial charge in [0.05, 0.1) is 16.8 Å². The number of imide groups is 1. The first-order chi connectivity index (χ1) is 12.0. The second kappa shape index (κ2) is 6.07. The number of amides is 3. The Labute approximate surface area is 151 Å². The van der Waals surface area contributed by atoms with Crippen LogP contribution in [-0.2, 0) is 11.3 Å². The molecule has 0 bridgehead atoms. The van der Waals surface area contributed by atoms with E-state index in [0.717, 1.165) is 30.2 Å². The lowest BCUT2D eigenvalue weighted by atomic mass is 9.86. The van der Waals surface area contributed by atoms with Crippen molar-refractivity contribution in [3.63, 3.8) is 0 Å². The van der Waals surface area contributed by atoms with E-state index in [4.69, 9.17) is 4.98 Å². The van der Waals surface area contributed by atoms with Crippen molar-refractivity contribution in [3.8, 4) is 0 Å². The number of piperidine rings is 1. The normalized spacial score (nSPS) is 21.0. The van der Waals surface area contributed by atoms with Crippen molar-refractivity contribution in [1.29, 1.82) is 0 Å². The number of likely N-dealkylation sites (tertiary alicyclic amines) is 1. The largest absolute Gasteiger partial charge is 0.327 e. The molecule has 1 aromatic carbocycles. The number of carbonyl (C=O) groups excluding carboxylic acids is 2. The first kappa shape index (κ1) is 16.5. The summed E-state index contributed by atoms with van der Waals surface area (Å²) in [6, 6.07) is 8.02. The van der Waals surface area contributed by atoms with Crippen molar-refractivity contribution < 1.29 is 9.59 Å². The molecule has 0 unspecified atom stereocenters. The summed E-state index contributed by atoms with van der Waals surface area (Å²) in [7, 11) is 1.59. The van der Waals surface area contributed by atoms with Gasteiger partial charge in [-0.05, 0) is 31.9 Å². The van der Waals surface area contributed by atoms with Crippen LogP contribution in [0.3, 0.4) is 0 Å². The van der Waals surface area contributed by atoms with Crippen LogP contribution >= 0.6 is 11.3 Å². The second-order valence-electron chi connectivity index (χ2n) is 6.77. The van der Waals surface area contributed by atoms with Crippen LogP contribution in [0.25, 0.3) is 10.2 Å². The lowest BCUT2D eigenvalue weighted by Crippen LogP contribution is -2.56. The van der Waals surface area contributed by atoms with E-state index in [1.54, 1.807) is 23.3 Å². The van der Waals surface area contributed by atoms with Crippen LogP contribution in [0.15, 0.2) is 24.3 Å². The number of urea groups is 1. The molecule has 2 aromatic rings. The van der Waals surface area contributed by atoms with Gasteiger partial charge >= 0.3 is 6.03 Å². The van der Waals surface area contributed by atoms with E-state index in [2.05, 4.69) is 11.0 Å². The average molecular weight is 358 g/mol. The van der Waals surface area contributed by atoms with Gasteiger partial charge in [-0.3, -0.25) is 14.6 Å². The van der Waals surface area contributed by atoms with E-state index in [1.165, 1.54) is 9.60 Å². The molecule has 0 atom stereocenters. The minimum atomic E-state index is -0.634. The maximum Gasteiger partial charge on any atom is 0.327 e. The predicted octanol–water partition coefficient (Wildman–Crippen LogP) is 2.54. The molecule has 2 saturated heterocycles. The Morgan fingerprint density at radius 1 is 1.20 bits per heavy atom. The van der Waals surface area contributed by atoms with Crippen LogP contribution < -0.4 is 0 Å². The molecule has 2 fully saturated rings. The van der Waals surface area contributed by atoms with Crippen LogP contribution in [0.5, 0.6) is 0 Å². The van der Waals surface area contributed by atoms with Gasteiger partial charge in [-0.2, -0.15) is 0 Å². The number of fused-ring (bicyclic) bond motifs is 1. The molecule has 0 aliphatic carbocycles. The van der Waals surface area contributed by atoms with Crippen molar-refractivity contribution in [2.45, 2.75) is 31.8 Å². The fraction of sp³-hybridized carbons (Fsp3) is 0.500. The third-order valence-electron chi connectivity index (χ3n) is 5.43. The fourth-order valence-electron chi connectivity index (χ4n) is 4.06. The molecule has 132 valence electrons. The zero-order chi connectivity index (χ0) is 17.6. The Morgan fingerprint density at radius 3 is 2.60 bits per heavy atom. The molecule has 25 heavy (non-hydrogen) atoms. The Bertz CT molecular complexity index is 792. The minimum absolute atomic E-state index is 0.0426. The SMILES string of the molecule is CCN1C(=O)N(C)C(=O)C12CCN(Cc1nc3ccccc3s1)CC2. The Hall–Kier alpha value is -1.99. The molecule has 7 heteroatoms. The van der Waals surface area contributed by atoms with Gasteiger partial charge in [0.25, 0.3) is 5.91 Å². The van der Waals surface area contributed by atoms with Crippen LogP contribution in [0, 0.1) is 0 Å². The van der Waals surface area contributed by atoms with E-state index in [1.807, 2.05) is 25.1 Å². The molecule has 0 radical (unpaired) electrons. The predicted molar refractivity (Wildman–Crippen MR) is 97.4 cm³/mol. The van der Waals surface area contributed by atoms with Crippen molar-refractivity contribution in [1.82, 2.24) is 19.7 Å². The lowest BCUT2D eigenvalue weighted by molar-refractivity contribution is -0.134. The molecule has 1 spiro atoms. The number of likely N-dealkylation sites (N-methyl/N-ethyl adjacent to an activating group) is 2. The monoisotopic (exact) mass is 358 g/mol. The van der Waals surface area contributed by atoms with Gasteiger partial charge in [-0.1, -0.05) is 12.1 Å². The summed E-state index contributed by atoms with van der Waals surface area (Å²) in [6.07, 6.45) is 1.39. The lowest BCUT2D eigenvalue weighted by Gasteiger charge is -2.41. The number of thiazole rings is 1. The van der Waals surface area contributed by atoms with Gasteiger partial charge < -0.3 is 4.90 Å². The van der Waals surface area contributed by atoms with E-state index < -0.39 is 5.54 Å². The molecule has 2 aliphatic heterocycles. The number of rotatable bonds is 3. The molecule has 2 aliphatic rings. The molecule has 1 aromatic heterocycles. The van der Waals surface area contributed by atoms with Crippen LogP contribution in [-0.4, -0.2) is 63.8 Å². The van der Waals surface area contributed by atoms with Crippen LogP contribution in [0.1, 0.15) is 24.8 Å². The van der Waals surface area contributed by atoms with Gasteiger partial charge in [-0.25, -0.2) is 9.78 Å². The maximum atomic E-state index is 12.7. The third kappa shape index (κ3) is 2.53. The van der Waals surface area contributed by atoms with E-state index in [0.29, 0.717) is 19.4 Å². The standard InChI is InChI=1S/C18H22N4O2S/c1-3-22-17(24)20(2)16(23)18(22)8-10-21(11-9-18)12-15-19-13-6-4-5-7-14(13)25-15/h4-7H,3,8-12H2,1-2H3. The van der Waals surface area contributed by atoms with Gasteiger partial charge in [-0.15, -0.1) is 11.3 Å². The van der Waals surface area contributed by atoms with Crippen molar-refractivity contribution >= 4 is 33.5 Å². The van der Waals surface area contributed by atoms with E-state index in [-0.39, 0.29) is 11.9 Å². The number of hydrogen-bond acceptors (Lipinski definition) is 5. The number of hydrogen-bond donors (Lipinski definition) is 0. The number of carbonyl (C=O) groups is 2. The number of aromatic nitrogens is 1. The smallest absolute Gasteiger partial charge is 0.310 e. The van der Waals surface area contributed by atoms with Crippen molar-refractivity contribution in [2.24, 2.45) is 0 Å². The summed E-state index contributed by atoms with van der Waals surface area (Å²) in [5, 5.41) is 1.11. The fourth-order valence-corrected chi connectivity index (χ4v) is 5.07. The van der Waals surface area contributed by atoms with Crippen molar-refractivity contribution in [2.75, 3.05) is 26.7 Å². The number of para-hydroxylation sites is 1. The summed E-state index contributed by atoms with van der Waals surface area (Å²) in [4.78, 5) is 35.1. The first-order valence-electron chi connectivity index (χ1n) is 8.72. The van der Waals surface area contributed by atoms with Gasteiger partial charge in [0.1, 0.15) is 10.5 Å². The second-order valence-corrected chi connectivity index (χ2v) is 7.89. The average Bonchev–Trinajstić information content (AvgIpc) is 3.10. The Kier molecular flexibility index (Phi) is 4.00. The maximum absolute atomic E-state index is 12.7. The Balaban J connectivity index is 1.47. The molecule has 0 saturated carbocycles. The van der Waals surface area contributed by atoms with Gasteiger partial charge in [0, 0.05) is 26.7 Å². The van der Waals surface area contributed by atoms with E-state index in [9.17, 15) is 9.59 Å². The third-order valence-corrected chi connectivity index (χ3v) is 6.45. The summed E-state index contributed by atoms with van der Waals surface area (Å²) < 4.78 is 1.21. The minimum Gasteiger partial charge on any atom is -0.310 e. The number of nitrogens with zero attached hydrogens (tertiary/aromatic N) is 4. The summed E-state index contributed by atoms with van der Waals surface area (Å²) in [5.41, 5.74) is 0.413. The van der Waals surface area contributed by atoms with Gasteiger partial charge in [0.2, 0.25) is 0 Å². The molecule has 4 rings (SSSR count). The molecule has 6 nitrogen and oxygen atoms in total. The molecular weight excluding hydrogens is 336 g/mol. The quantitative estimate of drug-likeness (QED) is 0.791. The van der Waals surface area contributed by atoms with Crippen LogP contribution in [0.4, 0.5) is 4.79 Å². The highest BCUT2D eigenvalue weighted by molar-refractivity contribution is 7.18. The first-order valence-corrected chi connectivity index (χ1v) is 9.53. The van der Waals surface area contributed by atoms with Crippen molar-refractivity contribution in [3.05, 3.63) is 29.3 Å². The van der Waals surface area contributed by atoms with Gasteiger partial charge in [0.15, 0.2) is 0 Å². The van der Waals surface area contributed by atoms with Crippen LogP contribution in [0.2, 0.25) is 0 Å². The topological polar surface area (TPSA) is 56.8 Å². The highest BCUT2D eigenvalue weighted by Crippen LogP contribution is 2.37. The summed E-state index contributed by atoms with van der Waals surface area (Å²) in [6.45, 7) is 4.93. The van der Waals surface area contributed by atoms with E-state index >= 15 is 0 Å². The molecule has 3 heterocycles. The zero-order valence-corrected chi connectivity index (χ0v) is 15.4. The summed E-state index contributed by atoms with van der Waals surface area (Å²) >= 11 is 1.73. The highest BCUT2D eigenvalue weighted by Gasteiger charge is 2.56. The number of benzene rings is 1. The summed E-state index contributed by atoms with van der Waals surface area (Å²) in [5.74, 6) is -0.0426. The zero-order valence-electron chi connectivity index (χ0n) is 14.6. The Morgan fingerprint density at radius 2 is 1.92 bits per heavy atom.